The maximum Gasteiger partial charge on any atom is 0.220 e. The maximum atomic E-state index is 11.8. The van der Waals surface area contributed by atoms with Gasteiger partial charge in [-0.15, -0.1) is 0 Å². The highest BCUT2D eigenvalue weighted by molar-refractivity contribution is 7.99. The highest BCUT2D eigenvalue weighted by atomic mass is 32.2. The van der Waals surface area contributed by atoms with Crippen molar-refractivity contribution in [3.8, 4) is 0 Å². The van der Waals surface area contributed by atoms with Crippen molar-refractivity contribution in [3.63, 3.8) is 0 Å². The van der Waals surface area contributed by atoms with E-state index in [1.165, 1.54) is 11.5 Å². The first-order valence-electron chi connectivity index (χ1n) is 6.66. The Balaban J connectivity index is 2.24. The van der Waals surface area contributed by atoms with Crippen LogP contribution >= 0.6 is 11.8 Å². The quantitative estimate of drug-likeness (QED) is 0.769. The number of aliphatic hydroxyl groups is 1. The van der Waals surface area contributed by atoms with Gasteiger partial charge in [-0.2, -0.15) is 11.8 Å². The van der Waals surface area contributed by atoms with E-state index >= 15 is 0 Å². The van der Waals surface area contributed by atoms with Gasteiger partial charge in [0.25, 0.3) is 0 Å². The van der Waals surface area contributed by atoms with E-state index in [1.807, 2.05) is 25.6 Å². The molecular weight excluding hydrogens is 234 g/mol. The summed E-state index contributed by atoms with van der Waals surface area (Å²) < 4.78 is 0. The Bertz CT molecular complexity index is 236. The minimum atomic E-state index is -0.724. The van der Waals surface area contributed by atoms with Crippen molar-refractivity contribution in [1.82, 2.24) is 5.32 Å². The molecule has 17 heavy (non-hydrogen) atoms. The Hall–Kier alpha value is -0.220. The predicted octanol–water partition coefficient (Wildman–Crippen LogP) is 2.19. The number of carbonyl (C=O) groups excluding carboxylic acids is 1. The molecule has 3 nitrogen and oxygen atoms in total. The third-order valence-electron chi connectivity index (χ3n) is 3.75. The van der Waals surface area contributed by atoms with Gasteiger partial charge in [-0.25, -0.2) is 0 Å². The van der Waals surface area contributed by atoms with Crippen LogP contribution in [0.3, 0.4) is 0 Å². The first kappa shape index (κ1) is 14.8. The molecule has 0 radical (unpaired) electrons. The molecule has 1 heterocycles. The second-order valence-electron chi connectivity index (χ2n) is 4.97. The molecule has 1 aliphatic heterocycles. The molecule has 1 rings (SSSR count). The number of carbonyl (C=O) groups is 1. The number of hydrogen-bond acceptors (Lipinski definition) is 3. The molecule has 0 atom stereocenters. The number of nitrogens with one attached hydrogen (secondary N) is 1. The average molecular weight is 259 g/mol. The zero-order valence-electron chi connectivity index (χ0n) is 11.0. The van der Waals surface area contributed by atoms with Crippen molar-refractivity contribution in [2.75, 3.05) is 18.1 Å². The van der Waals surface area contributed by atoms with Crippen LogP contribution in [0.4, 0.5) is 0 Å². The Morgan fingerprint density at radius 3 is 2.47 bits per heavy atom. The van der Waals surface area contributed by atoms with Crippen molar-refractivity contribution in [1.29, 1.82) is 0 Å². The van der Waals surface area contributed by atoms with Crippen LogP contribution in [-0.2, 0) is 4.79 Å². The molecule has 1 aliphatic rings. The molecule has 1 saturated heterocycles. The molecule has 0 aromatic carbocycles. The summed E-state index contributed by atoms with van der Waals surface area (Å²) in [5, 5.41) is 12.9. The van der Waals surface area contributed by atoms with Crippen molar-refractivity contribution in [2.45, 2.75) is 51.6 Å². The summed E-state index contributed by atoms with van der Waals surface area (Å²) in [6.45, 7) is 4.29. The minimum absolute atomic E-state index is 0.0993. The van der Waals surface area contributed by atoms with E-state index in [2.05, 4.69) is 5.32 Å². The van der Waals surface area contributed by atoms with Gasteiger partial charge in [-0.05, 0) is 43.1 Å². The average Bonchev–Trinajstić information content (AvgIpc) is 2.37. The highest BCUT2D eigenvalue weighted by Gasteiger charge is 2.24. The molecular formula is C13H25NO2S. The van der Waals surface area contributed by atoms with E-state index < -0.39 is 5.60 Å². The lowest BCUT2D eigenvalue weighted by Crippen LogP contribution is -2.42. The largest absolute Gasteiger partial charge is 0.388 e. The van der Waals surface area contributed by atoms with Gasteiger partial charge in [0.05, 0.1) is 5.60 Å². The van der Waals surface area contributed by atoms with Crippen LogP contribution in [-0.4, -0.2) is 34.7 Å². The highest BCUT2D eigenvalue weighted by Crippen LogP contribution is 2.25. The van der Waals surface area contributed by atoms with Crippen LogP contribution in [0.1, 0.15) is 46.0 Å². The summed E-state index contributed by atoms with van der Waals surface area (Å²) in [5.74, 6) is 3.02. The van der Waals surface area contributed by atoms with Crippen LogP contribution in [0.25, 0.3) is 0 Å². The van der Waals surface area contributed by atoms with Crippen LogP contribution in [0.5, 0.6) is 0 Å². The van der Waals surface area contributed by atoms with Gasteiger partial charge in [-0.3, -0.25) is 4.79 Å². The van der Waals surface area contributed by atoms with Crippen molar-refractivity contribution in [2.24, 2.45) is 5.92 Å². The molecule has 0 bridgehead atoms. The summed E-state index contributed by atoms with van der Waals surface area (Å²) in [6, 6.07) is 0. The topological polar surface area (TPSA) is 49.3 Å². The van der Waals surface area contributed by atoms with Crippen molar-refractivity contribution in [3.05, 3.63) is 0 Å². The molecule has 0 aromatic rings. The smallest absolute Gasteiger partial charge is 0.220 e. The fourth-order valence-electron chi connectivity index (χ4n) is 2.05. The number of amides is 1. The summed E-state index contributed by atoms with van der Waals surface area (Å²) in [5.41, 5.74) is -0.724. The Labute approximate surface area is 109 Å². The van der Waals surface area contributed by atoms with Gasteiger partial charge < -0.3 is 10.4 Å². The van der Waals surface area contributed by atoms with Crippen LogP contribution in [0.2, 0.25) is 0 Å². The number of rotatable bonds is 6. The van der Waals surface area contributed by atoms with Crippen molar-refractivity contribution < 1.29 is 9.90 Å². The first-order valence-corrected chi connectivity index (χ1v) is 7.82. The van der Waals surface area contributed by atoms with Gasteiger partial charge in [0.1, 0.15) is 0 Å². The standard InChI is InChI=1S/C13H25NO2S/c1-3-13(16,4-2)10-14-12(15)9-11-5-7-17-8-6-11/h11,16H,3-10H2,1-2H3,(H,14,15). The summed E-state index contributed by atoms with van der Waals surface area (Å²) in [6.07, 6.45) is 4.31. The van der Waals surface area contributed by atoms with E-state index in [9.17, 15) is 9.90 Å². The fourth-order valence-corrected chi connectivity index (χ4v) is 3.25. The van der Waals surface area contributed by atoms with Gasteiger partial charge >= 0.3 is 0 Å². The molecule has 0 aliphatic carbocycles. The Morgan fingerprint density at radius 1 is 1.35 bits per heavy atom. The van der Waals surface area contributed by atoms with Gasteiger partial charge in [-0.1, -0.05) is 13.8 Å². The van der Waals surface area contributed by atoms with E-state index in [1.54, 1.807) is 0 Å². The first-order chi connectivity index (χ1) is 8.09. The van der Waals surface area contributed by atoms with Crippen LogP contribution in [0.15, 0.2) is 0 Å². The lowest BCUT2D eigenvalue weighted by atomic mass is 9.96. The molecule has 2 N–H and O–H groups in total. The summed E-state index contributed by atoms with van der Waals surface area (Å²) in [7, 11) is 0. The van der Waals surface area contributed by atoms with E-state index in [0.717, 1.165) is 12.8 Å². The molecule has 1 fully saturated rings. The summed E-state index contributed by atoms with van der Waals surface area (Å²) in [4.78, 5) is 11.8. The molecule has 0 spiro atoms. The lowest BCUT2D eigenvalue weighted by molar-refractivity contribution is -0.123. The Kier molecular flexibility index (Phi) is 6.34. The molecule has 0 saturated carbocycles. The summed E-state index contributed by atoms with van der Waals surface area (Å²) >= 11 is 1.98. The second-order valence-corrected chi connectivity index (χ2v) is 6.19. The van der Waals surface area contributed by atoms with E-state index in [-0.39, 0.29) is 5.91 Å². The SMILES string of the molecule is CCC(O)(CC)CNC(=O)CC1CCSCC1. The normalized spacial score (nSPS) is 18.1. The zero-order chi connectivity index (χ0) is 12.7. The molecule has 0 unspecified atom stereocenters. The fraction of sp³-hybridized carbons (Fsp3) is 0.923. The number of thioether (sulfide) groups is 1. The molecule has 0 aromatic heterocycles. The van der Waals surface area contributed by atoms with E-state index in [4.69, 9.17) is 0 Å². The minimum Gasteiger partial charge on any atom is -0.388 e. The monoisotopic (exact) mass is 259 g/mol. The second kappa shape index (κ2) is 7.27. The molecule has 100 valence electrons. The maximum absolute atomic E-state index is 11.8. The van der Waals surface area contributed by atoms with Crippen LogP contribution < -0.4 is 5.32 Å². The van der Waals surface area contributed by atoms with Crippen molar-refractivity contribution >= 4 is 17.7 Å². The third-order valence-corrected chi connectivity index (χ3v) is 4.79. The van der Waals surface area contributed by atoms with Gasteiger partial charge in [0.2, 0.25) is 5.91 Å². The van der Waals surface area contributed by atoms with Crippen LogP contribution in [0, 0.1) is 5.92 Å². The third kappa shape index (κ3) is 5.30. The zero-order valence-corrected chi connectivity index (χ0v) is 11.8. The Morgan fingerprint density at radius 2 is 1.94 bits per heavy atom. The van der Waals surface area contributed by atoms with E-state index in [0.29, 0.717) is 31.7 Å². The molecule has 4 heteroatoms. The van der Waals surface area contributed by atoms with Gasteiger partial charge in [0, 0.05) is 13.0 Å². The predicted molar refractivity (Wildman–Crippen MR) is 73.2 cm³/mol. The molecule has 1 amide bonds. The number of hydrogen-bond donors (Lipinski definition) is 2. The lowest BCUT2D eigenvalue weighted by Gasteiger charge is -2.26. The van der Waals surface area contributed by atoms with Gasteiger partial charge in [0.15, 0.2) is 0 Å².